The molecule has 2 fully saturated rings. The van der Waals surface area contributed by atoms with E-state index in [1.54, 1.807) is 13.8 Å². The Morgan fingerprint density at radius 2 is 2.29 bits per heavy atom. The van der Waals surface area contributed by atoms with E-state index in [0.717, 1.165) is 6.42 Å². The molecule has 2 bridgehead atoms. The molecule has 2 saturated heterocycles. The van der Waals surface area contributed by atoms with Gasteiger partial charge in [0.25, 0.3) is 0 Å². The van der Waals surface area contributed by atoms with Crippen molar-refractivity contribution in [2.45, 2.75) is 37.9 Å². The highest BCUT2D eigenvalue weighted by Gasteiger charge is 2.52. The highest BCUT2D eigenvalue weighted by Crippen LogP contribution is 2.31. The maximum Gasteiger partial charge on any atom is 0.329 e. The first kappa shape index (κ1) is 9.45. The van der Waals surface area contributed by atoms with Gasteiger partial charge in [0.2, 0.25) is 5.91 Å². The van der Waals surface area contributed by atoms with Crippen LogP contribution in [0, 0.1) is 0 Å². The Hall–Kier alpha value is -1.10. The van der Waals surface area contributed by atoms with Crippen LogP contribution in [0.3, 0.4) is 0 Å². The summed E-state index contributed by atoms with van der Waals surface area (Å²) in [6.07, 6.45) is 0.746. The van der Waals surface area contributed by atoms with Crippen molar-refractivity contribution in [1.29, 1.82) is 0 Å². The van der Waals surface area contributed by atoms with E-state index in [4.69, 9.17) is 5.11 Å². The molecule has 5 heteroatoms. The summed E-state index contributed by atoms with van der Waals surface area (Å²) in [4.78, 5) is 24.2. The van der Waals surface area contributed by atoms with Gasteiger partial charge in [0.05, 0.1) is 6.04 Å². The molecule has 0 aliphatic carbocycles. The first-order valence-corrected chi connectivity index (χ1v) is 4.74. The molecule has 2 aliphatic heterocycles. The molecule has 0 radical (unpaired) electrons. The summed E-state index contributed by atoms with van der Waals surface area (Å²) in [5, 5.41) is 12.1. The Bertz CT molecular complexity index is 300. The number of fused-ring (bicyclic) bond motifs is 2. The van der Waals surface area contributed by atoms with Gasteiger partial charge in [0, 0.05) is 12.6 Å². The minimum atomic E-state index is -1.08. The van der Waals surface area contributed by atoms with Gasteiger partial charge < -0.3 is 15.3 Å². The van der Waals surface area contributed by atoms with Crippen LogP contribution in [0.15, 0.2) is 0 Å². The molecule has 1 amide bonds. The molecule has 0 saturated carbocycles. The number of rotatable bonds is 2. The summed E-state index contributed by atoms with van der Waals surface area (Å²) in [6, 6.07) is -0.0998. The normalized spacial score (nSPS) is 31.3. The largest absolute Gasteiger partial charge is 0.480 e. The number of carboxylic acid groups (broad SMARTS) is 1. The zero-order chi connectivity index (χ0) is 10.5. The first-order chi connectivity index (χ1) is 6.44. The summed E-state index contributed by atoms with van der Waals surface area (Å²) in [6.45, 7) is 3.87. The predicted molar refractivity (Wildman–Crippen MR) is 48.8 cm³/mol. The van der Waals surface area contributed by atoms with Crippen LogP contribution in [0.2, 0.25) is 0 Å². The van der Waals surface area contributed by atoms with Crippen LogP contribution < -0.4 is 5.32 Å². The third-order valence-corrected chi connectivity index (χ3v) is 3.13. The van der Waals surface area contributed by atoms with Gasteiger partial charge in [0.15, 0.2) is 0 Å². The maximum atomic E-state index is 11.7. The number of carboxylic acids is 1. The fourth-order valence-electron chi connectivity index (χ4n) is 2.28. The highest BCUT2D eigenvalue weighted by atomic mass is 16.4. The molecule has 0 aromatic heterocycles. The number of amides is 1. The van der Waals surface area contributed by atoms with Crippen molar-refractivity contribution in [3.05, 3.63) is 0 Å². The van der Waals surface area contributed by atoms with E-state index in [1.165, 1.54) is 4.90 Å². The van der Waals surface area contributed by atoms with E-state index in [2.05, 4.69) is 5.32 Å². The number of carbonyl (C=O) groups excluding carboxylic acids is 1. The molecule has 0 aromatic carbocycles. The average molecular weight is 198 g/mol. The fraction of sp³-hybridized carbons (Fsp3) is 0.778. The number of carbonyl (C=O) groups is 2. The summed E-state index contributed by atoms with van der Waals surface area (Å²) in [5.41, 5.74) is -1.08. The molecule has 0 aromatic rings. The van der Waals surface area contributed by atoms with Crippen LogP contribution in [-0.2, 0) is 9.59 Å². The lowest BCUT2D eigenvalue weighted by Gasteiger charge is -2.38. The standard InChI is InChI=1S/C9H14N2O3/c1-9(2,8(13)14)11-5-3-6(7(11)12)10-4-5/h5-6,10H,3-4H2,1-2H3,(H,13,14). The first-order valence-electron chi connectivity index (χ1n) is 4.74. The van der Waals surface area contributed by atoms with Gasteiger partial charge in [-0.25, -0.2) is 4.79 Å². The Kier molecular flexibility index (Phi) is 1.82. The van der Waals surface area contributed by atoms with Gasteiger partial charge in [-0.1, -0.05) is 0 Å². The second-order valence-electron chi connectivity index (χ2n) is 4.42. The van der Waals surface area contributed by atoms with Crippen molar-refractivity contribution >= 4 is 11.9 Å². The van der Waals surface area contributed by atoms with Crippen LogP contribution in [0.1, 0.15) is 20.3 Å². The summed E-state index contributed by atoms with van der Waals surface area (Å²) in [7, 11) is 0. The second kappa shape index (κ2) is 2.70. The fourth-order valence-corrected chi connectivity index (χ4v) is 2.28. The lowest BCUT2D eigenvalue weighted by molar-refractivity contribution is -0.158. The van der Waals surface area contributed by atoms with Crippen molar-refractivity contribution in [1.82, 2.24) is 10.2 Å². The Morgan fingerprint density at radius 3 is 2.71 bits per heavy atom. The van der Waals surface area contributed by atoms with Crippen LogP contribution >= 0.6 is 0 Å². The van der Waals surface area contributed by atoms with Gasteiger partial charge in [-0.15, -0.1) is 0 Å². The quantitative estimate of drug-likeness (QED) is 0.623. The molecule has 2 unspecified atom stereocenters. The van der Waals surface area contributed by atoms with E-state index in [0.29, 0.717) is 6.54 Å². The molecular formula is C9H14N2O3. The molecule has 5 nitrogen and oxygen atoms in total. The molecule has 14 heavy (non-hydrogen) atoms. The zero-order valence-corrected chi connectivity index (χ0v) is 8.28. The maximum absolute atomic E-state index is 11.7. The highest BCUT2D eigenvalue weighted by molar-refractivity contribution is 5.92. The summed E-state index contributed by atoms with van der Waals surface area (Å²) >= 11 is 0. The Balaban J connectivity index is 2.27. The van der Waals surface area contributed by atoms with Crippen molar-refractivity contribution in [2.75, 3.05) is 6.54 Å². The number of likely N-dealkylation sites (tertiary alicyclic amines) is 1. The zero-order valence-electron chi connectivity index (χ0n) is 8.28. The number of nitrogens with one attached hydrogen (secondary N) is 1. The topological polar surface area (TPSA) is 69.6 Å². The molecule has 2 heterocycles. The molecule has 2 atom stereocenters. The van der Waals surface area contributed by atoms with Crippen LogP contribution in [0.5, 0.6) is 0 Å². The molecule has 78 valence electrons. The van der Waals surface area contributed by atoms with Crippen LogP contribution in [-0.4, -0.2) is 46.1 Å². The lowest BCUT2D eigenvalue weighted by Crippen LogP contribution is -2.60. The number of aliphatic carboxylic acids is 1. The smallest absolute Gasteiger partial charge is 0.329 e. The molecule has 2 aliphatic rings. The number of hydrogen-bond donors (Lipinski definition) is 2. The van der Waals surface area contributed by atoms with Crippen molar-refractivity contribution in [3.8, 4) is 0 Å². The molecule has 2 rings (SSSR count). The van der Waals surface area contributed by atoms with E-state index in [-0.39, 0.29) is 18.0 Å². The SMILES string of the molecule is CC(C)(C(=O)O)N1C(=O)C2CC1CN2. The number of nitrogens with zero attached hydrogens (tertiary/aromatic N) is 1. The lowest BCUT2D eigenvalue weighted by atomic mass is 10.0. The van der Waals surface area contributed by atoms with Crippen molar-refractivity contribution in [2.24, 2.45) is 0 Å². The van der Waals surface area contributed by atoms with Crippen LogP contribution in [0.4, 0.5) is 0 Å². The predicted octanol–water partition coefficient (Wildman–Crippen LogP) is -0.578. The summed E-state index contributed by atoms with van der Waals surface area (Å²) in [5.74, 6) is -1.02. The molecular weight excluding hydrogens is 184 g/mol. The van der Waals surface area contributed by atoms with Crippen LogP contribution in [0.25, 0.3) is 0 Å². The van der Waals surface area contributed by atoms with Gasteiger partial charge in [-0.05, 0) is 20.3 Å². The molecule has 0 spiro atoms. The monoisotopic (exact) mass is 198 g/mol. The Morgan fingerprint density at radius 1 is 1.64 bits per heavy atom. The van der Waals surface area contributed by atoms with Gasteiger partial charge in [0.1, 0.15) is 5.54 Å². The Labute approximate surface area is 82.1 Å². The minimum absolute atomic E-state index is 0.0543. The van der Waals surface area contributed by atoms with E-state index in [9.17, 15) is 9.59 Å². The van der Waals surface area contributed by atoms with E-state index < -0.39 is 11.5 Å². The number of piperazine rings is 1. The third kappa shape index (κ3) is 1.05. The van der Waals surface area contributed by atoms with E-state index in [1.807, 2.05) is 0 Å². The average Bonchev–Trinajstić information content (AvgIpc) is 2.62. The second-order valence-corrected chi connectivity index (χ2v) is 4.42. The number of hydrogen-bond acceptors (Lipinski definition) is 3. The van der Waals surface area contributed by atoms with Gasteiger partial charge >= 0.3 is 5.97 Å². The van der Waals surface area contributed by atoms with Crippen molar-refractivity contribution in [3.63, 3.8) is 0 Å². The third-order valence-electron chi connectivity index (χ3n) is 3.13. The molecule has 2 N–H and O–H groups in total. The van der Waals surface area contributed by atoms with E-state index >= 15 is 0 Å². The van der Waals surface area contributed by atoms with Gasteiger partial charge in [-0.2, -0.15) is 0 Å². The van der Waals surface area contributed by atoms with Crippen molar-refractivity contribution < 1.29 is 14.7 Å². The summed E-state index contributed by atoms with van der Waals surface area (Å²) < 4.78 is 0. The van der Waals surface area contributed by atoms with Gasteiger partial charge in [-0.3, -0.25) is 4.79 Å². The minimum Gasteiger partial charge on any atom is -0.480 e.